The lowest BCUT2D eigenvalue weighted by Gasteiger charge is -2.10. The van der Waals surface area contributed by atoms with E-state index < -0.39 is 11.4 Å². The number of carboxylic acids is 1. The van der Waals surface area contributed by atoms with Gasteiger partial charge in [-0.15, -0.1) is 0 Å². The van der Waals surface area contributed by atoms with Gasteiger partial charge in [0.05, 0.1) is 13.1 Å². The molecule has 0 radical (unpaired) electrons. The number of carbonyl (C=O) groups is 1. The van der Waals surface area contributed by atoms with Gasteiger partial charge in [0.15, 0.2) is 11.4 Å². The van der Waals surface area contributed by atoms with Crippen molar-refractivity contribution in [3.63, 3.8) is 0 Å². The molecular weight excluding hydrogens is 444 g/mol. The lowest BCUT2D eigenvalue weighted by Crippen LogP contribution is -2.17. The van der Waals surface area contributed by atoms with Gasteiger partial charge in [-0.1, -0.05) is 44.2 Å². The van der Waals surface area contributed by atoms with E-state index >= 15 is 0 Å². The molecule has 0 saturated heterocycles. The molecule has 1 atom stereocenters. The molecule has 1 aromatic carbocycles. The Morgan fingerprint density at radius 2 is 1.92 bits per heavy atom. The molecule has 1 heterocycles. The third kappa shape index (κ3) is 6.22. The molecule has 8 heteroatoms. The highest BCUT2D eigenvalue weighted by molar-refractivity contribution is 14.2. The number of hydrogen-bond acceptors (Lipinski definition) is 4. The van der Waals surface area contributed by atoms with E-state index in [9.17, 15) is 14.7 Å². The average molecular weight is 463 g/mol. The van der Waals surface area contributed by atoms with Crippen LogP contribution in [0.2, 0.25) is 0 Å². The van der Waals surface area contributed by atoms with Crippen molar-refractivity contribution in [3.8, 4) is 5.75 Å². The fourth-order valence-electron chi connectivity index (χ4n) is 1.81. The monoisotopic (exact) mass is 463 g/mol. The summed E-state index contributed by atoms with van der Waals surface area (Å²) in [5.74, 6) is -1.45. The fourth-order valence-corrected chi connectivity index (χ4v) is 2.48. The number of aromatic amines is 1. The van der Waals surface area contributed by atoms with Crippen LogP contribution in [0, 0.1) is 0 Å². The highest BCUT2D eigenvalue weighted by Gasteiger charge is 2.17. The molecule has 1 aromatic heterocycles. The largest absolute Gasteiger partial charge is 0.482 e. The summed E-state index contributed by atoms with van der Waals surface area (Å²) >= 11 is 2.04. The molecule has 0 bridgehead atoms. The molecule has 0 amide bonds. The van der Waals surface area contributed by atoms with E-state index in [2.05, 4.69) is 4.98 Å². The number of aromatic carboxylic acids is 1. The van der Waals surface area contributed by atoms with Crippen molar-refractivity contribution >= 4 is 34.5 Å². The molecule has 1 unspecified atom stereocenters. The van der Waals surface area contributed by atoms with Crippen molar-refractivity contribution < 1.29 is 19.2 Å². The number of hydrogen-bond donors (Lipinski definition) is 2. The van der Waals surface area contributed by atoms with Crippen LogP contribution in [-0.4, -0.2) is 16.1 Å². The van der Waals surface area contributed by atoms with Gasteiger partial charge in [0.25, 0.3) is 0 Å². The standard InChI is InChI=1S/C14H13INO5P.C2H6/c15-22-21-8-10-6-11(17)13(12(16-10)14(18)19)20-7-9-4-2-1-3-5-9;1-2/h1-6,22H,7-8H2,(H,16,17)(H,18,19);1-2H3. The van der Waals surface area contributed by atoms with Crippen LogP contribution >= 0.6 is 28.5 Å². The molecule has 130 valence electrons. The second kappa shape index (κ2) is 11.2. The number of pyridine rings is 1. The number of rotatable bonds is 7. The summed E-state index contributed by atoms with van der Waals surface area (Å²) in [6, 6.07) is 10.5. The highest BCUT2D eigenvalue weighted by atomic mass is 127. The fraction of sp³-hybridized carbons (Fsp3) is 0.250. The quantitative estimate of drug-likeness (QED) is 0.476. The maximum Gasteiger partial charge on any atom is 0.356 e. The van der Waals surface area contributed by atoms with Crippen LogP contribution in [0.15, 0.2) is 41.2 Å². The molecule has 0 aliphatic rings. The SMILES string of the molecule is CC.O=C(O)c1[nH]c(COPI)cc(=O)c1OCc1ccccc1. The Hall–Kier alpha value is -1.44. The third-order valence-electron chi connectivity index (χ3n) is 2.76. The molecule has 0 fully saturated rings. The summed E-state index contributed by atoms with van der Waals surface area (Å²) in [7, 11) is 0. The second-order valence-corrected chi connectivity index (χ2v) is 6.07. The van der Waals surface area contributed by atoms with Crippen molar-refractivity contribution in [3.05, 3.63) is 63.6 Å². The van der Waals surface area contributed by atoms with Crippen molar-refractivity contribution in [1.29, 1.82) is 0 Å². The van der Waals surface area contributed by atoms with Gasteiger partial charge in [0.1, 0.15) is 6.61 Å². The average Bonchev–Trinajstić information content (AvgIpc) is 2.61. The Kier molecular flexibility index (Phi) is 9.59. The molecular formula is C16H19INO5P. The Bertz CT molecular complexity index is 705. The first kappa shape index (κ1) is 20.6. The smallest absolute Gasteiger partial charge is 0.356 e. The summed E-state index contributed by atoms with van der Waals surface area (Å²) < 4.78 is 10.6. The zero-order valence-corrected chi connectivity index (χ0v) is 16.5. The van der Waals surface area contributed by atoms with Gasteiger partial charge in [-0.25, -0.2) is 4.79 Å². The first-order chi connectivity index (χ1) is 11.6. The summed E-state index contributed by atoms with van der Waals surface area (Å²) in [6.45, 7) is 4.49. The molecule has 0 aliphatic carbocycles. The summed E-state index contributed by atoms with van der Waals surface area (Å²) in [4.78, 5) is 26.1. The van der Waals surface area contributed by atoms with E-state index in [4.69, 9.17) is 9.26 Å². The Labute approximate surface area is 154 Å². The van der Waals surface area contributed by atoms with E-state index in [0.29, 0.717) is 5.69 Å². The molecule has 0 saturated carbocycles. The summed E-state index contributed by atoms with van der Waals surface area (Å²) in [5.41, 5.74) is 0.497. The van der Waals surface area contributed by atoms with Crippen LogP contribution in [0.5, 0.6) is 5.75 Å². The number of H-pyrrole nitrogens is 1. The Balaban J connectivity index is 0.00000139. The number of ether oxygens (including phenoxy) is 1. The molecule has 0 spiro atoms. The van der Waals surface area contributed by atoms with Crippen LogP contribution in [0.25, 0.3) is 0 Å². The molecule has 2 rings (SSSR count). The normalized spacial score (nSPS) is 10.3. The highest BCUT2D eigenvalue weighted by Crippen LogP contribution is 2.23. The lowest BCUT2D eigenvalue weighted by molar-refractivity contribution is 0.0684. The number of aromatic nitrogens is 1. The predicted molar refractivity (Wildman–Crippen MR) is 103 cm³/mol. The third-order valence-corrected chi connectivity index (χ3v) is 3.95. The molecule has 2 aromatic rings. The topological polar surface area (TPSA) is 88.6 Å². The minimum atomic E-state index is -1.25. The lowest BCUT2D eigenvalue weighted by atomic mass is 10.2. The number of nitrogens with one attached hydrogen (secondary N) is 1. The van der Waals surface area contributed by atoms with E-state index in [0.717, 1.165) is 5.56 Å². The number of halogens is 1. The first-order valence-corrected chi connectivity index (χ1v) is 11.3. The van der Waals surface area contributed by atoms with Gasteiger partial charge in [0, 0.05) is 11.8 Å². The van der Waals surface area contributed by atoms with Crippen LogP contribution in [0.4, 0.5) is 0 Å². The number of benzene rings is 1. The van der Waals surface area contributed by atoms with Gasteiger partial charge in [-0.2, -0.15) is 0 Å². The summed E-state index contributed by atoms with van der Waals surface area (Å²) in [5, 5.41) is 9.25. The van der Waals surface area contributed by atoms with E-state index in [-0.39, 0.29) is 31.1 Å². The molecule has 2 N–H and O–H groups in total. The van der Waals surface area contributed by atoms with Gasteiger partial charge < -0.3 is 19.4 Å². The first-order valence-electron chi connectivity index (χ1n) is 7.25. The van der Waals surface area contributed by atoms with E-state index in [1.54, 1.807) is 0 Å². The number of carboxylic acid groups (broad SMARTS) is 1. The minimum Gasteiger partial charge on any atom is -0.482 e. The van der Waals surface area contributed by atoms with E-state index in [1.807, 2.05) is 66.2 Å². The molecule has 6 nitrogen and oxygen atoms in total. The Morgan fingerprint density at radius 1 is 1.25 bits per heavy atom. The zero-order chi connectivity index (χ0) is 17.9. The van der Waals surface area contributed by atoms with Gasteiger partial charge in [0.2, 0.25) is 5.43 Å². The van der Waals surface area contributed by atoms with Gasteiger partial charge in [-0.3, -0.25) is 4.79 Å². The van der Waals surface area contributed by atoms with Gasteiger partial charge in [-0.05, 0) is 27.6 Å². The molecule has 0 aliphatic heterocycles. The van der Waals surface area contributed by atoms with Crippen LogP contribution in [-0.2, 0) is 17.7 Å². The summed E-state index contributed by atoms with van der Waals surface area (Å²) in [6.07, 6.45) is 0. The van der Waals surface area contributed by atoms with E-state index in [1.165, 1.54) is 6.07 Å². The van der Waals surface area contributed by atoms with Crippen LogP contribution in [0.3, 0.4) is 0 Å². The van der Waals surface area contributed by atoms with Crippen LogP contribution in [0.1, 0.15) is 35.6 Å². The molecule has 24 heavy (non-hydrogen) atoms. The Morgan fingerprint density at radius 3 is 2.50 bits per heavy atom. The van der Waals surface area contributed by atoms with Gasteiger partial charge >= 0.3 is 5.97 Å². The van der Waals surface area contributed by atoms with Crippen molar-refractivity contribution in [1.82, 2.24) is 4.98 Å². The maximum absolute atomic E-state index is 12.1. The second-order valence-electron chi connectivity index (χ2n) is 4.31. The zero-order valence-electron chi connectivity index (χ0n) is 13.3. The van der Waals surface area contributed by atoms with Crippen molar-refractivity contribution in [2.75, 3.05) is 0 Å². The van der Waals surface area contributed by atoms with Crippen molar-refractivity contribution in [2.24, 2.45) is 0 Å². The van der Waals surface area contributed by atoms with Crippen molar-refractivity contribution in [2.45, 2.75) is 27.1 Å². The predicted octanol–water partition coefficient (Wildman–Crippen LogP) is 4.14. The minimum absolute atomic E-state index is 0.120. The maximum atomic E-state index is 12.1. The van der Waals surface area contributed by atoms with Crippen LogP contribution < -0.4 is 10.2 Å².